The van der Waals surface area contributed by atoms with Gasteiger partial charge in [-0.3, -0.25) is 9.78 Å². The molecular weight excluding hydrogens is 390 g/mol. The van der Waals surface area contributed by atoms with E-state index >= 15 is 0 Å². The molecule has 4 aromatic rings. The number of pyridine rings is 1. The number of anilines is 1. The largest absolute Gasteiger partial charge is 0.497 e. The highest BCUT2D eigenvalue weighted by Gasteiger charge is 2.25. The molecule has 0 fully saturated rings. The lowest BCUT2D eigenvalue weighted by Crippen LogP contribution is -2.19. The predicted octanol–water partition coefficient (Wildman–Crippen LogP) is 1.07. The monoisotopic (exact) mass is 405 g/mol. The molecule has 4 rings (SSSR count). The fraction of sp³-hybridized carbons (Fsp3) is 0.0556. The van der Waals surface area contributed by atoms with Crippen molar-refractivity contribution in [2.45, 2.75) is 0 Å². The molecule has 0 saturated carbocycles. The summed E-state index contributed by atoms with van der Waals surface area (Å²) in [6, 6.07) is 10.5. The molecule has 0 atom stereocenters. The Kier molecular flexibility index (Phi) is 5.11. The lowest BCUT2D eigenvalue weighted by molar-refractivity contribution is 0.0950. The van der Waals surface area contributed by atoms with E-state index in [9.17, 15) is 4.79 Å². The van der Waals surface area contributed by atoms with E-state index < -0.39 is 5.91 Å². The van der Waals surface area contributed by atoms with Crippen LogP contribution in [0.3, 0.4) is 0 Å². The second-order valence-electron chi connectivity index (χ2n) is 5.88. The van der Waals surface area contributed by atoms with E-state index in [2.05, 4.69) is 40.8 Å². The fourth-order valence-electron chi connectivity index (χ4n) is 2.62. The molecule has 0 saturated heterocycles. The minimum absolute atomic E-state index is 0.00229. The highest BCUT2D eigenvalue weighted by molar-refractivity contribution is 5.98. The number of benzene rings is 1. The maximum Gasteiger partial charge on any atom is 0.294 e. The first-order chi connectivity index (χ1) is 14.7. The topological polar surface area (TPSA) is 159 Å². The number of carbonyl (C=O) groups is 1. The van der Waals surface area contributed by atoms with Crippen molar-refractivity contribution in [3.63, 3.8) is 0 Å². The van der Waals surface area contributed by atoms with E-state index in [-0.39, 0.29) is 17.3 Å². The third kappa shape index (κ3) is 3.69. The van der Waals surface area contributed by atoms with Crippen LogP contribution in [0.5, 0.6) is 5.75 Å². The molecule has 1 amide bonds. The SMILES string of the molecule is COc1cccc(-c2c(C(=O)NN=Cc3ccncc3)nnn2-c2nonc2N)c1. The van der Waals surface area contributed by atoms with Crippen LogP contribution in [0.2, 0.25) is 0 Å². The Morgan fingerprint density at radius 1 is 1.27 bits per heavy atom. The maximum absolute atomic E-state index is 12.8. The molecule has 0 spiro atoms. The zero-order valence-corrected chi connectivity index (χ0v) is 15.6. The minimum atomic E-state index is -0.584. The Balaban J connectivity index is 1.72. The number of carbonyl (C=O) groups excluding carboxylic acids is 1. The predicted molar refractivity (Wildman–Crippen MR) is 105 cm³/mol. The number of nitrogens with zero attached hydrogens (tertiary/aromatic N) is 7. The zero-order chi connectivity index (χ0) is 20.9. The van der Waals surface area contributed by atoms with E-state index in [4.69, 9.17) is 10.5 Å². The van der Waals surface area contributed by atoms with Gasteiger partial charge in [-0.05, 0) is 40.1 Å². The van der Waals surface area contributed by atoms with Crippen molar-refractivity contribution in [3.8, 4) is 22.8 Å². The van der Waals surface area contributed by atoms with Gasteiger partial charge in [0.05, 0.1) is 13.3 Å². The summed E-state index contributed by atoms with van der Waals surface area (Å²) in [5.74, 6) is 0.0827. The highest BCUT2D eigenvalue weighted by Crippen LogP contribution is 2.28. The van der Waals surface area contributed by atoms with Crippen molar-refractivity contribution in [1.29, 1.82) is 0 Å². The van der Waals surface area contributed by atoms with E-state index in [1.165, 1.54) is 18.0 Å². The quantitative estimate of drug-likeness (QED) is 0.353. The van der Waals surface area contributed by atoms with Crippen LogP contribution in [0.4, 0.5) is 5.82 Å². The first-order valence-electron chi connectivity index (χ1n) is 8.59. The minimum Gasteiger partial charge on any atom is -0.497 e. The van der Waals surface area contributed by atoms with E-state index in [1.807, 2.05) is 0 Å². The molecule has 3 heterocycles. The number of hydrogen-bond donors (Lipinski definition) is 2. The molecule has 12 nitrogen and oxygen atoms in total. The molecule has 30 heavy (non-hydrogen) atoms. The molecule has 0 unspecified atom stereocenters. The molecule has 1 aromatic carbocycles. The second kappa shape index (κ2) is 8.18. The Morgan fingerprint density at radius 3 is 2.83 bits per heavy atom. The van der Waals surface area contributed by atoms with E-state index in [1.54, 1.807) is 48.8 Å². The summed E-state index contributed by atoms with van der Waals surface area (Å²) in [6.45, 7) is 0. The van der Waals surface area contributed by atoms with Crippen molar-refractivity contribution in [1.82, 2.24) is 35.7 Å². The molecule has 150 valence electrons. The Morgan fingerprint density at radius 2 is 2.10 bits per heavy atom. The number of methoxy groups -OCH3 is 1. The number of nitrogen functional groups attached to an aromatic ring is 1. The van der Waals surface area contributed by atoms with Crippen molar-refractivity contribution in [3.05, 3.63) is 60.0 Å². The van der Waals surface area contributed by atoms with Crippen molar-refractivity contribution in [2.75, 3.05) is 12.8 Å². The molecule has 0 aliphatic carbocycles. The third-order valence-electron chi connectivity index (χ3n) is 4.01. The standard InChI is InChI=1S/C18H15N9O3/c1-29-13-4-2-3-12(9-13)15-14(22-26-27(15)17-16(19)24-30-25-17)18(28)23-21-10-11-5-7-20-8-6-11/h2-10H,1H3,(H2,19,24)(H,23,28). The van der Waals surface area contributed by atoms with Gasteiger partial charge in [0.2, 0.25) is 11.6 Å². The van der Waals surface area contributed by atoms with Gasteiger partial charge in [-0.1, -0.05) is 17.3 Å². The number of hydrazone groups is 1. The molecule has 0 aliphatic heterocycles. The van der Waals surface area contributed by atoms with Gasteiger partial charge in [-0.25, -0.2) is 10.1 Å². The average Bonchev–Trinajstić information content (AvgIpc) is 3.40. The molecule has 3 aromatic heterocycles. The van der Waals surface area contributed by atoms with Crippen molar-refractivity contribution < 1.29 is 14.2 Å². The summed E-state index contributed by atoms with van der Waals surface area (Å²) >= 11 is 0. The summed E-state index contributed by atoms with van der Waals surface area (Å²) in [5, 5.41) is 19.2. The number of hydrogen-bond acceptors (Lipinski definition) is 10. The Labute approximate surface area is 169 Å². The lowest BCUT2D eigenvalue weighted by atomic mass is 10.1. The van der Waals surface area contributed by atoms with Crippen molar-refractivity contribution in [2.24, 2.45) is 5.10 Å². The average molecular weight is 405 g/mol. The van der Waals surface area contributed by atoms with Crippen LogP contribution in [-0.4, -0.2) is 49.5 Å². The maximum atomic E-state index is 12.8. The fourth-order valence-corrected chi connectivity index (χ4v) is 2.62. The normalized spacial score (nSPS) is 11.0. The second-order valence-corrected chi connectivity index (χ2v) is 5.88. The molecule has 12 heteroatoms. The first-order valence-corrected chi connectivity index (χ1v) is 8.59. The van der Waals surface area contributed by atoms with Crippen LogP contribution in [0.15, 0.2) is 58.5 Å². The Bertz CT molecular complexity index is 1200. The third-order valence-corrected chi connectivity index (χ3v) is 4.01. The van der Waals surface area contributed by atoms with Gasteiger partial charge < -0.3 is 10.5 Å². The highest BCUT2D eigenvalue weighted by atomic mass is 16.6. The first kappa shape index (κ1) is 18.7. The number of ether oxygens (including phenoxy) is 1. The van der Waals surface area contributed by atoms with Gasteiger partial charge in [0.15, 0.2) is 5.69 Å². The summed E-state index contributed by atoms with van der Waals surface area (Å²) in [4.78, 5) is 16.7. The van der Waals surface area contributed by atoms with Gasteiger partial charge in [-0.15, -0.1) is 5.10 Å². The van der Waals surface area contributed by atoms with Crippen molar-refractivity contribution >= 4 is 17.9 Å². The van der Waals surface area contributed by atoms with Gasteiger partial charge >= 0.3 is 0 Å². The van der Waals surface area contributed by atoms with Crippen LogP contribution in [0, 0.1) is 0 Å². The Hall–Kier alpha value is -4.61. The summed E-state index contributed by atoms with van der Waals surface area (Å²) in [7, 11) is 1.54. The number of nitrogens with one attached hydrogen (secondary N) is 1. The molecule has 0 radical (unpaired) electrons. The molecular formula is C18H15N9O3. The molecule has 3 N–H and O–H groups in total. The van der Waals surface area contributed by atoms with Crippen LogP contribution >= 0.6 is 0 Å². The van der Waals surface area contributed by atoms with E-state index in [0.29, 0.717) is 17.0 Å². The summed E-state index contributed by atoms with van der Waals surface area (Å²) in [6.07, 6.45) is 4.72. The zero-order valence-electron chi connectivity index (χ0n) is 15.6. The smallest absolute Gasteiger partial charge is 0.294 e. The summed E-state index contributed by atoms with van der Waals surface area (Å²) < 4.78 is 11.2. The van der Waals surface area contributed by atoms with Gasteiger partial charge in [-0.2, -0.15) is 9.78 Å². The summed E-state index contributed by atoms with van der Waals surface area (Å²) in [5.41, 5.74) is 9.89. The number of aromatic nitrogens is 6. The van der Waals surface area contributed by atoms with Crippen LogP contribution in [-0.2, 0) is 0 Å². The lowest BCUT2D eigenvalue weighted by Gasteiger charge is -2.07. The van der Waals surface area contributed by atoms with E-state index in [0.717, 1.165) is 5.56 Å². The van der Waals surface area contributed by atoms with Gasteiger partial charge in [0, 0.05) is 18.0 Å². The van der Waals surface area contributed by atoms with Crippen LogP contribution in [0.25, 0.3) is 17.1 Å². The van der Waals surface area contributed by atoms with Gasteiger partial charge in [0.25, 0.3) is 5.91 Å². The number of amides is 1. The number of nitrogens with two attached hydrogens (primary N) is 1. The molecule has 0 bridgehead atoms. The molecule has 0 aliphatic rings. The number of rotatable bonds is 6. The van der Waals surface area contributed by atoms with Crippen LogP contribution < -0.4 is 15.9 Å². The van der Waals surface area contributed by atoms with Crippen LogP contribution in [0.1, 0.15) is 16.1 Å². The van der Waals surface area contributed by atoms with Gasteiger partial charge in [0.1, 0.15) is 11.4 Å².